The number of anilines is 2. The number of nitrogens with zero attached hydrogens (tertiary/aromatic N) is 2. The minimum Gasteiger partial charge on any atom is -0.366 e. The van der Waals surface area contributed by atoms with Crippen LogP contribution in [0.2, 0.25) is 0 Å². The van der Waals surface area contributed by atoms with Gasteiger partial charge in [-0.2, -0.15) is 13.2 Å². The topological polar surface area (TPSA) is 130 Å². The van der Waals surface area contributed by atoms with Gasteiger partial charge in [-0.1, -0.05) is 12.1 Å². The largest absolute Gasteiger partial charge is 0.416 e. The van der Waals surface area contributed by atoms with Crippen LogP contribution in [-0.4, -0.2) is 27.0 Å². The number of hydrogen-bond acceptors (Lipinski definition) is 6. The molecule has 0 unspecified atom stereocenters. The summed E-state index contributed by atoms with van der Waals surface area (Å²) >= 11 is 0. The Labute approximate surface area is 173 Å². The van der Waals surface area contributed by atoms with Crippen LogP contribution < -0.4 is 16.5 Å². The van der Waals surface area contributed by atoms with E-state index in [1.54, 1.807) is 12.1 Å². The Morgan fingerprint density at radius 2 is 1.74 bits per heavy atom. The quantitative estimate of drug-likeness (QED) is 0.351. The molecule has 0 saturated carbocycles. The Morgan fingerprint density at radius 1 is 1.03 bits per heavy atom. The number of halogens is 3. The van der Waals surface area contributed by atoms with Crippen molar-refractivity contribution in [2.75, 3.05) is 5.32 Å². The zero-order valence-corrected chi connectivity index (χ0v) is 15.8. The normalized spacial score (nSPS) is 11.1. The van der Waals surface area contributed by atoms with Crippen LogP contribution in [0.1, 0.15) is 21.6 Å². The molecule has 1 heterocycles. The van der Waals surface area contributed by atoms with Crippen molar-refractivity contribution in [3.05, 3.63) is 71.4 Å². The van der Waals surface area contributed by atoms with Crippen LogP contribution >= 0.6 is 0 Å². The van der Waals surface area contributed by atoms with E-state index in [-0.39, 0.29) is 34.9 Å². The predicted octanol–water partition coefficient (Wildman–Crippen LogP) is 3.05. The second kappa shape index (κ2) is 8.79. The van der Waals surface area contributed by atoms with Crippen molar-refractivity contribution in [1.29, 1.82) is 0 Å². The van der Waals surface area contributed by atoms with E-state index in [4.69, 9.17) is 10.9 Å². The first kappa shape index (κ1) is 21.7. The van der Waals surface area contributed by atoms with Crippen molar-refractivity contribution in [2.45, 2.75) is 12.6 Å². The van der Waals surface area contributed by atoms with E-state index in [0.29, 0.717) is 5.69 Å². The molecule has 0 aliphatic carbocycles. The summed E-state index contributed by atoms with van der Waals surface area (Å²) in [5.41, 5.74) is 6.86. The predicted molar refractivity (Wildman–Crippen MR) is 104 cm³/mol. The molecular formula is C20H16F3N5O3. The third-order valence-corrected chi connectivity index (χ3v) is 4.14. The van der Waals surface area contributed by atoms with Gasteiger partial charge in [-0.15, -0.1) is 0 Å². The van der Waals surface area contributed by atoms with Crippen molar-refractivity contribution < 1.29 is 28.0 Å². The van der Waals surface area contributed by atoms with Crippen molar-refractivity contribution >= 4 is 23.3 Å². The molecule has 0 radical (unpaired) electrons. The molecule has 5 N–H and O–H groups in total. The molecule has 2 aromatic carbocycles. The number of carbonyl (C=O) groups excluding carboxylic acids is 2. The molecule has 8 nitrogen and oxygen atoms in total. The number of hydrogen-bond donors (Lipinski definition) is 4. The number of alkyl halides is 3. The fourth-order valence-corrected chi connectivity index (χ4v) is 2.69. The van der Waals surface area contributed by atoms with Crippen LogP contribution in [-0.2, 0) is 17.4 Å². The van der Waals surface area contributed by atoms with Crippen molar-refractivity contribution in [3.63, 3.8) is 0 Å². The van der Waals surface area contributed by atoms with Gasteiger partial charge in [0.25, 0.3) is 0 Å². The van der Waals surface area contributed by atoms with E-state index in [0.717, 1.165) is 12.1 Å². The lowest BCUT2D eigenvalue weighted by Crippen LogP contribution is -2.21. The summed E-state index contributed by atoms with van der Waals surface area (Å²) in [6.45, 7) is 0. The molecule has 31 heavy (non-hydrogen) atoms. The van der Waals surface area contributed by atoms with Gasteiger partial charge in [-0.3, -0.25) is 14.8 Å². The molecule has 0 fully saturated rings. The number of nitrogens with one attached hydrogen (secondary N) is 2. The van der Waals surface area contributed by atoms with Crippen LogP contribution in [0.4, 0.5) is 24.7 Å². The summed E-state index contributed by atoms with van der Waals surface area (Å²) in [4.78, 5) is 31.1. The Balaban J connectivity index is 2.00. The van der Waals surface area contributed by atoms with E-state index in [1.807, 2.05) is 0 Å². The maximum absolute atomic E-state index is 13.1. The number of rotatable bonds is 6. The van der Waals surface area contributed by atoms with E-state index in [1.165, 1.54) is 35.8 Å². The van der Waals surface area contributed by atoms with Gasteiger partial charge in [-0.05, 0) is 36.4 Å². The molecule has 3 rings (SSSR count). The first-order chi connectivity index (χ1) is 14.7. The van der Waals surface area contributed by atoms with E-state index >= 15 is 0 Å². The number of benzene rings is 2. The summed E-state index contributed by atoms with van der Waals surface area (Å²) in [5.74, 6) is -1.22. The van der Waals surface area contributed by atoms with Crippen molar-refractivity contribution in [1.82, 2.24) is 15.4 Å². The lowest BCUT2D eigenvalue weighted by atomic mass is 10.1. The van der Waals surface area contributed by atoms with Gasteiger partial charge >= 0.3 is 6.18 Å². The maximum atomic E-state index is 13.1. The number of aromatic nitrogens is 2. The molecule has 0 aliphatic heterocycles. The number of carbonyl (C=O) groups is 2. The first-order valence-corrected chi connectivity index (χ1v) is 8.81. The van der Waals surface area contributed by atoms with Gasteiger partial charge in [-0.25, -0.2) is 15.4 Å². The number of primary amides is 1. The van der Waals surface area contributed by atoms with Crippen LogP contribution in [0.25, 0.3) is 11.4 Å². The van der Waals surface area contributed by atoms with Gasteiger partial charge < -0.3 is 11.1 Å². The summed E-state index contributed by atoms with van der Waals surface area (Å²) in [6, 6.07) is 12.0. The fraction of sp³-hybridized carbons (Fsp3) is 0.100. The molecule has 1 aromatic heterocycles. The number of amides is 2. The monoisotopic (exact) mass is 431 g/mol. The highest BCUT2D eigenvalue weighted by molar-refractivity contribution is 5.93. The minimum absolute atomic E-state index is 0.0504. The minimum atomic E-state index is -4.55. The van der Waals surface area contributed by atoms with E-state index in [2.05, 4.69) is 15.3 Å². The van der Waals surface area contributed by atoms with Crippen LogP contribution in [0, 0.1) is 0 Å². The third kappa shape index (κ3) is 5.54. The van der Waals surface area contributed by atoms with Crippen molar-refractivity contribution in [3.8, 4) is 11.4 Å². The van der Waals surface area contributed by atoms with Gasteiger partial charge in [0.2, 0.25) is 11.8 Å². The molecule has 3 aromatic rings. The Morgan fingerprint density at radius 3 is 2.35 bits per heavy atom. The number of hydroxylamine groups is 1. The van der Waals surface area contributed by atoms with Gasteiger partial charge in [0.1, 0.15) is 5.82 Å². The summed E-state index contributed by atoms with van der Waals surface area (Å²) < 4.78 is 39.2. The molecule has 2 amide bonds. The van der Waals surface area contributed by atoms with Crippen molar-refractivity contribution in [2.24, 2.45) is 5.73 Å². The second-order valence-electron chi connectivity index (χ2n) is 6.43. The molecule has 0 aliphatic rings. The van der Waals surface area contributed by atoms with Crippen LogP contribution in [0.3, 0.4) is 0 Å². The van der Waals surface area contributed by atoms with Gasteiger partial charge in [0.05, 0.1) is 17.7 Å². The highest BCUT2D eigenvalue weighted by Crippen LogP contribution is 2.32. The molecule has 0 bridgehead atoms. The third-order valence-electron chi connectivity index (χ3n) is 4.14. The lowest BCUT2D eigenvalue weighted by Gasteiger charge is -2.12. The van der Waals surface area contributed by atoms with E-state index < -0.39 is 23.6 Å². The lowest BCUT2D eigenvalue weighted by molar-refractivity contribution is -0.137. The number of nitrogens with two attached hydrogens (primary N) is 1. The molecule has 0 atom stereocenters. The second-order valence-corrected chi connectivity index (χ2v) is 6.43. The summed E-state index contributed by atoms with van der Waals surface area (Å²) in [5, 5.41) is 11.7. The Hall–Kier alpha value is -3.99. The molecule has 160 valence electrons. The zero-order valence-electron chi connectivity index (χ0n) is 15.8. The SMILES string of the molecule is NC(=O)c1ccc(Nc2cc(CC(=O)NO)nc(-c3cccc(C(F)(F)F)c3)n2)cc1. The Bertz CT molecular complexity index is 1120. The standard InChI is InChI=1S/C20H16F3N5O3/c21-20(22,23)13-3-1-2-12(8-13)19-26-15(10-17(29)28-31)9-16(27-19)25-14-6-4-11(5-7-14)18(24)30/h1-9,31H,10H2,(H2,24,30)(H,28,29)(H,25,26,27). The van der Waals surface area contributed by atoms with Crippen LogP contribution in [0.15, 0.2) is 54.6 Å². The summed E-state index contributed by atoms with van der Waals surface area (Å²) in [7, 11) is 0. The summed E-state index contributed by atoms with van der Waals surface area (Å²) in [6.07, 6.45) is -4.88. The Kier molecular flexibility index (Phi) is 6.16. The first-order valence-electron chi connectivity index (χ1n) is 8.81. The smallest absolute Gasteiger partial charge is 0.366 e. The zero-order chi connectivity index (χ0) is 22.6. The van der Waals surface area contributed by atoms with E-state index in [9.17, 15) is 22.8 Å². The highest BCUT2D eigenvalue weighted by Gasteiger charge is 2.30. The molecule has 0 spiro atoms. The average Bonchev–Trinajstić information content (AvgIpc) is 2.73. The maximum Gasteiger partial charge on any atom is 0.416 e. The van der Waals surface area contributed by atoms with Gasteiger partial charge in [0, 0.05) is 22.9 Å². The highest BCUT2D eigenvalue weighted by atomic mass is 19.4. The van der Waals surface area contributed by atoms with Crippen LogP contribution in [0.5, 0.6) is 0 Å². The molecular weight excluding hydrogens is 415 g/mol. The fourth-order valence-electron chi connectivity index (χ4n) is 2.69. The molecule has 11 heteroatoms. The molecule has 0 saturated heterocycles. The van der Waals surface area contributed by atoms with Gasteiger partial charge in [0.15, 0.2) is 5.82 Å². The average molecular weight is 431 g/mol.